The smallest absolute Gasteiger partial charge is 0.240 e. The summed E-state index contributed by atoms with van der Waals surface area (Å²) in [5, 5.41) is 12.4. The molecule has 0 bridgehead atoms. The van der Waals surface area contributed by atoms with Gasteiger partial charge in [-0.25, -0.2) is 0 Å². The van der Waals surface area contributed by atoms with Crippen molar-refractivity contribution < 1.29 is 4.74 Å². The maximum Gasteiger partial charge on any atom is 0.240 e. The fourth-order valence-electron chi connectivity index (χ4n) is 1.44. The average Bonchev–Trinajstić information content (AvgIpc) is 2.42. The summed E-state index contributed by atoms with van der Waals surface area (Å²) in [7, 11) is 1.70. The highest BCUT2D eigenvalue weighted by Gasteiger charge is 2.10. The van der Waals surface area contributed by atoms with Gasteiger partial charge in [-0.1, -0.05) is 29.3 Å². The second kappa shape index (κ2) is 5.79. The molecule has 6 heteroatoms. The Kier molecular flexibility index (Phi) is 4.10. The molecule has 0 aliphatic rings. The van der Waals surface area contributed by atoms with Crippen LogP contribution >= 0.6 is 23.2 Å². The second-order valence-corrected chi connectivity index (χ2v) is 4.41. The zero-order valence-electron chi connectivity index (χ0n) is 9.95. The van der Waals surface area contributed by atoms with Gasteiger partial charge < -0.3 is 10.1 Å². The van der Waals surface area contributed by atoms with Crippen molar-refractivity contribution in [2.24, 2.45) is 0 Å². The predicted molar refractivity (Wildman–Crippen MR) is 75.0 cm³/mol. The lowest BCUT2D eigenvalue weighted by molar-refractivity contribution is 0.464. The topological polar surface area (TPSA) is 57.9 Å². The number of halogens is 2. The van der Waals surface area contributed by atoms with Gasteiger partial charge >= 0.3 is 0 Å². The lowest BCUT2D eigenvalue weighted by Gasteiger charge is -2.09. The van der Waals surface area contributed by atoms with Crippen molar-refractivity contribution in [3.63, 3.8) is 0 Å². The minimum atomic E-state index is 0.227. The Morgan fingerprint density at radius 1 is 1.26 bits per heavy atom. The van der Waals surface area contributed by atoms with E-state index in [1.807, 2.05) is 6.07 Å². The molecule has 1 N–H and O–H groups in total. The molecule has 0 radical (unpaired) electrons. The van der Waals surface area contributed by atoms with Crippen LogP contribution in [0, 0.1) is 11.3 Å². The molecule has 0 spiro atoms. The molecule has 2 rings (SSSR count). The van der Waals surface area contributed by atoms with E-state index in [9.17, 15) is 0 Å². The largest absolute Gasteiger partial charge is 0.437 e. The van der Waals surface area contributed by atoms with E-state index in [1.165, 1.54) is 0 Å². The molecule has 19 heavy (non-hydrogen) atoms. The molecule has 1 aromatic heterocycles. The Balaban J connectivity index is 2.35. The lowest BCUT2D eigenvalue weighted by atomic mass is 10.2. The third-order valence-corrected chi connectivity index (χ3v) is 2.87. The molecule has 0 saturated heterocycles. The minimum Gasteiger partial charge on any atom is -0.437 e. The molecule has 0 fully saturated rings. The van der Waals surface area contributed by atoms with Crippen LogP contribution in [-0.2, 0) is 0 Å². The number of benzene rings is 1. The van der Waals surface area contributed by atoms with E-state index in [0.29, 0.717) is 27.2 Å². The van der Waals surface area contributed by atoms with Crippen LogP contribution in [0.25, 0.3) is 0 Å². The molecule has 0 aliphatic heterocycles. The molecule has 0 aliphatic carbocycles. The summed E-state index contributed by atoms with van der Waals surface area (Å²) < 4.78 is 5.56. The number of nitriles is 1. The standard InChI is InChI=1S/C13H9Cl2N3O/c1-17-12-10(14)6-11(15)13(18-12)19-9-4-2-3-8(5-9)7-16/h2-6H,1H3,(H,17,18). The van der Waals surface area contributed by atoms with Crippen molar-refractivity contribution in [3.05, 3.63) is 45.9 Å². The quantitative estimate of drug-likeness (QED) is 0.926. The summed E-state index contributed by atoms with van der Waals surface area (Å²) in [6.07, 6.45) is 0. The first-order valence-electron chi connectivity index (χ1n) is 5.36. The van der Waals surface area contributed by atoms with Crippen LogP contribution in [0.4, 0.5) is 5.82 Å². The fourth-order valence-corrected chi connectivity index (χ4v) is 1.93. The van der Waals surface area contributed by atoms with Crippen LogP contribution in [-0.4, -0.2) is 12.0 Å². The molecule has 1 heterocycles. The van der Waals surface area contributed by atoms with Gasteiger partial charge in [0, 0.05) is 7.05 Å². The molecule has 0 amide bonds. The molecule has 0 atom stereocenters. The van der Waals surface area contributed by atoms with Gasteiger partial charge in [0.15, 0.2) is 0 Å². The van der Waals surface area contributed by atoms with E-state index in [1.54, 1.807) is 37.4 Å². The monoisotopic (exact) mass is 293 g/mol. The molecule has 96 valence electrons. The number of anilines is 1. The molecule has 4 nitrogen and oxygen atoms in total. The fraction of sp³-hybridized carbons (Fsp3) is 0.0769. The summed E-state index contributed by atoms with van der Waals surface area (Å²) >= 11 is 12.0. The summed E-state index contributed by atoms with van der Waals surface area (Å²) in [4.78, 5) is 4.16. The van der Waals surface area contributed by atoms with Crippen LogP contribution in [0.5, 0.6) is 11.6 Å². The lowest BCUT2D eigenvalue weighted by Crippen LogP contribution is -1.97. The van der Waals surface area contributed by atoms with Gasteiger partial charge in [0.1, 0.15) is 16.6 Å². The zero-order valence-corrected chi connectivity index (χ0v) is 11.5. The number of aromatic nitrogens is 1. The number of hydrogen-bond donors (Lipinski definition) is 1. The molecular weight excluding hydrogens is 285 g/mol. The number of ether oxygens (including phenoxy) is 1. The molecule has 1 aromatic carbocycles. The highest BCUT2D eigenvalue weighted by atomic mass is 35.5. The molecular formula is C13H9Cl2N3O. The maximum absolute atomic E-state index is 8.83. The summed E-state index contributed by atoms with van der Waals surface area (Å²) in [6, 6.07) is 10.3. The highest BCUT2D eigenvalue weighted by Crippen LogP contribution is 2.33. The van der Waals surface area contributed by atoms with Crippen LogP contribution in [0.2, 0.25) is 10.0 Å². The first-order chi connectivity index (χ1) is 9.13. The van der Waals surface area contributed by atoms with Crippen molar-refractivity contribution in [3.8, 4) is 17.7 Å². The number of rotatable bonds is 3. The van der Waals surface area contributed by atoms with Gasteiger partial charge in [-0.3, -0.25) is 0 Å². The predicted octanol–water partition coefficient (Wildman–Crippen LogP) is 4.09. The second-order valence-electron chi connectivity index (χ2n) is 3.60. The van der Waals surface area contributed by atoms with Gasteiger partial charge in [0.2, 0.25) is 5.88 Å². The SMILES string of the molecule is CNc1nc(Oc2cccc(C#N)c2)c(Cl)cc1Cl. The molecule has 2 aromatic rings. The van der Waals surface area contributed by atoms with Crippen molar-refractivity contribution in [1.29, 1.82) is 5.26 Å². The average molecular weight is 294 g/mol. The van der Waals surface area contributed by atoms with Crippen LogP contribution in [0.1, 0.15) is 5.56 Å². The summed E-state index contributed by atoms with van der Waals surface area (Å²) in [5.74, 6) is 1.18. The van der Waals surface area contributed by atoms with Crippen molar-refractivity contribution in [1.82, 2.24) is 4.98 Å². The Morgan fingerprint density at radius 2 is 2.05 bits per heavy atom. The van der Waals surface area contributed by atoms with Gasteiger partial charge in [0.25, 0.3) is 0 Å². The van der Waals surface area contributed by atoms with Crippen molar-refractivity contribution in [2.45, 2.75) is 0 Å². The van der Waals surface area contributed by atoms with E-state index in [0.717, 1.165) is 0 Å². The number of nitrogens with one attached hydrogen (secondary N) is 1. The highest BCUT2D eigenvalue weighted by molar-refractivity contribution is 6.36. The Morgan fingerprint density at radius 3 is 2.74 bits per heavy atom. The van der Waals surface area contributed by atoms with E-state index >= 15 is 0 Å². The van der Waals surface area contributed by atoms with Crippen molar-refractivity contribution >= 4 is 29.0 Å². The first-order valence-corrected chi connectivity index (χ1v) is 6.11. The van der Waals surface area contributed by atoms with E-state index in [2.05, 4.69) is 10.3 Å². The van der Waals surface area contributed by atoms with E-state index in [4.69, 9.17) is 33.2 Å². The Bertz CT molecular complexity index is 653. The van der Waals surface area contributed by atoms with Crippen molar-refractivity contribution in [2.75, 3.05) is 12.4 Å². The third kappa shape index (κ3) is 3.08. The summed E-state index contributed by atoms with van der Waals surface area (Å²) in [6.45, 7) is 0. The molecule has 0 saturated carbocycles. The van der Waals surface area contributed by atoms with E-state index in [-0.39, 0.29) is 5.88 Å². The van der Waals surface area contributed by atoms with Gasteiger partial charge in [-0.05, 0) is 24.3 Å². The van der Waals surface area contributed by atoms with Gasteiger partial charge in [-0.15, -0.1) is 0 Å². The maximum atomic E-state index is 8.83. The zero-order chi connectivity index (χ0) is 13.8. The number of pyridine rings is 1. The third-order valence-electron chi connectivity index (χ3n) is 2.31. The van der Waals surface area contributed by atoms with Crippen LogP contribution in [0.15, 0.2) is 30.3 Å². The number of hydrogen-bond acceptors (Lipinski definition) is 4. The molecule has 0 unspecified atom stereocenters. The minimum absolute atomic E-state index is 0.227. The van der Waals surface area contributed by atoms with Crippen LogP contribution in [0.3, 0.4) is 0 Å². The normalized spacial score (nSPS) is 9.79. The van der Waals surface area contributed by atoms with Gasteiger partial charge in [-0.2, -0.15) is 10.2 Å². The van der Waals surface area contributed by atoms with Gasteiger partial charge in [0.05, 0.1) is 16.7 Å². The Hall–Kier alpha value is -1.96. The summed E-state index contributed by atoms with van der Waals surface area (Å²) in [5.41, 5.74) is 0.497. The first kappa shape index (κ1) is 13.5. The van der Waals surface area contributed by atoms with E-state index < -0.39 is 0 Å². The van der Waals surface area contributed by atoms with Crippen LogP contribution < -0.4 is 10.1 Å². The Labute approximate surface area is 120 Å². The number of nitrogens with zero attached hydrogens (tertiary/aromatic N) is 2.